The van der Waals surface area contributed by atoms with Gasteiger partial charge in [-0.1, -0.05) is 0 Å². The molecule has 18 heavy (non-hydrogen) atoms. The molecule has 0 spiro atoms. The van der Waals surface area contributed by atoms with Crippen LogP contribution in [-0.2, 0) is 11.3 Å². The number of halogens is 2. The predicted octanol–water partition coefficient (Wildman–Crippen LogP) is 1.28. The summed E-state index contributed by atoms with van der Waals surface area (Å²) in [5, 5.41) is 5.54. The van der Waals surface area contributed by atoms with E-state index in [1.54, 1.807) is 0 Å². The Morgan fingerprint density at radius 2 is 2.17 bits per heavy atom. The number of nitrogens with one attached hydrogen (secondary N) is 2. The summed E-state index contributed by atoms with van der Waals surface area (Å²) in [5.41, 5.74) is -0.305. The van der Waals surface area contributed by atoms with Gasteiger partial charge in [0.25, 0.3) is 0 Å². The molecule has 0 aliphatic rings. The Morgan fingerprint density at radius 3 is 2.72 bits per heavy atom. The Bertz CT molecular complexity index is 398. The van der Waals surface area contributed by atoms with Gasteiger partial charge in [-0.25, -0.2) is 4.98 Å². The molecule has 5 nitrogen and oxygen atoms in total. The Labute approximate surface area is 105 Å². The van der Waals surface area contributed by atoms with Gasteiger partial charge in [0.1, 0.15) is 5.82 Å². The van der Waals surface area contributed by atoms with Gasteiger partial charge < -0.3 is 10.6 Å². The lowest BCUT2D eigenvalue weighted by molar-refractivity contribution is -0.121. The molecule has 1 heterocycles. The molecule has 0 atom stereocenters. The first-order valence-electron chi connectivity index (χ1n) is 5.61. The number of carbonyl (C=O) groups excluding carboxylic acids is 1. The van der Waals surface area contributed by atoms with Gasteiger partial charge >= 0.3 is 6.55 Å². The van der Waals surface area contributed by atoms with Gasteiger partial charge in [-0.3, -0.25) is 9.36 Å². The van der Waals surface area contributed by atoms with Crippen molar-refractivity contribution in [1.29, 1.82) is 0 Å². The summed E-state index contributed by atoms with van der Waals surface area (Å²) in [5.74, 6) is 0.0196. The third kappa shape index (κ3) is 4.79. The maximum atomic E-state index is 12.5. The van der Waals surface area contributed by atoms with E-state index in [-0.39, 0.29) is 30.4 Å². The zero-order valence-corrected chi connectivity index (χ0v) is 10.7. The molecular formula is C11H18F2N4O. The van der Waals surface area contributed by atoms with E-state index in [9.17, 15) is 13.6 Å². The number of aromatic nitrogens is 2. The number of imidazole rings is 1. The molecule has 1 rings (SSSR count). The molecule has 0 fully saturated rings. The lowest BCUT2D eigenvalue weighted by atomic mass is 10.1. The average molecular weight is 260 g/mol. The Hall–Kier alpha value is -1.50. The smallest absolute Gasteiger partial charge is 0.319 e. The van der Waals surface area contributed by atoms with E-state index in [0.29, 0.717) is 0 Å². The van der Waals surface area contributed by atoms with Crippen LogP contribution in [0.15, 0.2) is 12.4 Å². The van der Waals surface area contributed by atoms with Crippen LogP contribution in [0.1, 0.15) is 33.1 Å². The summed E-state index contributed by atoms with van der Waals surface area (Å²) in [6.07, 6.45) is 2.51. The van der Waals surface area contributed by atoms with Crippen molar-refractivity contribution in [3.63, 3.8) is 0 Å². The molecule has 0 aliphatic heterocycles. The normalized spacial score (nSPS) is 11.9. The second-order valence-corrected chi connectivity index (χ2v) is 4.93. The molecule has 102 valence electrons. The number of rotatable bonds is 5. The Morgan fingerprint density at radius 1 is 1.50 bits per heavy atom. The molecule has 0 unspecified atom stereocenters. The summed E-state index contributed by atoms with van der Waals surface area (Å²) in [6, 6.07) is 0. The number of alkyl halides is 2. The molecule has 2 N–H and O–H groups in total. The standard InChI is InChI=1S/C11H18F2N4O/c1-11(2,3)16-9(18)7-14-6-8-15-4-5-17(8)10(12)13/h4-5,10,14H,6-7H2,1-3H3,(H,16,18). The Balaban J connectivity index is 2.38. The molecule has 0 bridgehead atoms. The van der Waals surface area contributed by atoms with E-state index in [2.05, 4.69) is 15.6 Å². The first-order chi connectivity index (χ1) is 8.29. The summed E-state index contributed by atoms with van der Waals surface area (Å²) in [4.78, 5) is 15.3. The van der Waals surface area contributed by atoms with Gasteiger partial charge in [0.2, 0.25) is 5.91 Å². The maximum Gasteiger partial charge on any atom is 0.319 e. The van der Waals surface area contributed by atoms with Crippen LogP contribution in [0, 0.1) is 0 Å². The zero-order valence-electron chi connectivity index (χ0n) is 10.7. The molecule has 0 aromatic carbocycles. The van der Waals surface area contributed by atoms with Crippen LogP contribution in [0.2, 0.25) is 0 Å². The lowest BCUT2D eigenvalue weighted by Gasteiger charge is -2.20. The van der Waals surface area contributed by atoms with Gasteiger partial charge in [0.05, 0.1) is 13.1 Å². The van der Waals surface area contributed by atoms with Crippen LogP contribution < -0.4 is 10.6 Å². The highest BCUT2D eigenvalue weighted by Crippen LogP contribution is 2.11. The van der Waals surface area contributed by atoms with E-state index < -0.39 is 6.55 Å². The fourth-order valence-corrected chi connectivity index (χ4v) is 1.41. The molecular weight excluding hydrogens is 242 g/mol. The van der Waals surface area contributed by atoms with Gasteiger partial charge in [-0.05, 0) is 20.8 Å². The highest BCUT2D eigenvalue weighted by Gasteiger charge is 2.14. The monoisotopic (exact) mass is 260 g/mol. The van der Waals surface area contributed by atoms with Crippen LogP contribution in [0.3, 0.4) is 0 Å². The molecule has 1 aromatic heterocycles. The number of amides is 1. The lowest BCUT2D eigenvalue weighted by Crippen LogP contribution is -2.44. The number of carbonyl (C=O) groups is 1. The SMILES string of the molecule is CC(C)(C)NC(=O)CNCc1nccn1C(F)F. The first kappa shape index (κ1) is 14.6. The summed E-state index contributed by atoms with van der Waals surface area (Å²) < 4.78 is 25.7. The maximum absolute atomic E-state index is 12.5. The second-order valence-electron chi connectivity index (χ2n) is 4.93. The van der Waals surface area contributed by atoms with Gasteiger partial charge in [-0.2, -0.15) is 8.78 Å². The van der Waals surface area contributed by atoms with Crippen molar-refractivity contribution in [1.82, 2.24) is 20.2 Å². The van der Waals surface area contributed by atoms with Crippen LogP contribution >= 0.6 is 0 Å². The largest absolute Gasteiger partial charge is 0.350 e. The van der Waals surface area contributed by atoms with E-state index in [0.717, 1.165) is 4.57 Å². The quantitative estimate of drug-likeness (QED) is 0.838. The van der Waals surface area contributed by atoms with E-state index in [1.807, 2.05) is 20.8 Å². The molecule has 1 amide bonds. The molecule has 0 aliphatic carbocycles. The van der Waals surface area contributed by atoms with E-state index >= 15 is 0 Å². The topological polar surface area (TPSA) is 59.0 Å². The van der Waals surface area contributed by atoms with Gasteiger partial charge in [-0.15, -0.1) is 0 Å². The van der Waals surface area contributed by atoms with Gasteiger partial charge in [0, 0.05) is 17.9 Å². The molecule has 0 saturated carbocycles. The highest BCUT2D eigenvalue weighted by molar-refractivity contribution is 5.78. The molecule has 7 heteroatoms. The van der Waals surface area contributed by atoms with Crippen molar-refractivity contribution in [2.45, 2.75) is 39.4 Å². The average Bonchev–Trinajstić information content (AvgIpc) is 2.62. The zero-order chi connectivity index (χ0) is 13.8. The van der Waals surface area contributed by atoms with Crippen molar-refractivity contribution >= 4 is 5.91 Å². The third-order valence-electron chi connectivity index (χ3n) is 2.04. The summed E-state index contributed by atoms with van der Waals surface area (Å²) >= 11 is 0. The Kier molecular flexibility index (Phi) is 4.77. The minimum atomic E-state index is -2.62. The van der Waals surface area contributed by atoms with Gasteiger partial charge in [0.15, 0.2) is 0 Å². The molecule has 0 saturated heterocycles. The van der Waals surface area contributed by atoms with Crippen LogP contribution in [0.4, 0.5) is 8.78 Å². The minimum Gasteiger partial charge on any atom is -0.350 e. The van der Waals surface area contributed by atoms with E-state index in [1.165, 1.54) is 12.4 Å². The van der Waals surface area contributed by atoms with Crippen molar-refractivity contribution in [3.05, 3.63) is 18.2 Å². The van der Waals surface area contributed by atoms with Crippen molar-refractivity contribution in [2.75, 3.05) is 6.54 Å². The van der Waals surface area contributed by atoms with Crippen molar-refractivity contribution in [3.8, 4) is 0 Å². The molecule has 0 radical (unpaired) electrons. The molecule has 1 aromatic rings. The second kappa shape index (κ2) is 5.90. The number of nitrogens with zero attached hydrogens (tertiary/aromatic N) is 2. The van der Waals surface area contributed by atoms with Crippen molar-refractivity contribution < 1.29 is 13.6 Å². The highest BCUT2D eigenvalue weighted by atomic mass is 19.3. The third-order valence-corrected chi connectivity index (χ3v) is 2.04. The number of hydrogen-bond donors (Lipinski definition) is 2. The first-order valence-corrected chi connectivity index (χ1v) is 5.61. The predicted molar refractivity (Wildman–Crippen MR) is 63.1 cm³/mol. The van der Waals surface area contributed by atoms with E-state index in [4.69, 9.17) is 0 Å². The van der Waals surface area contributed by atoms with Crippen molar-refractivity contribution in [2.24, 2.45) is 0 Å². The fourth-order valence-electron chi connectivity index (χ4n) is 1.41. The van der Waals surface area contributed by atoms with Crippen LogP contribution in [0.25, 0.3) is 0 Å². The van der Waals surface area contributed by atoms with Crippen LogP contribution in [0.5, 0.6) is 0 Å². The summed E-state index contributed by atoms with van der Waals surface area (Å²) in [6.45, 7) is 3.17. The summed E-state index contributed by atoms with van der Waals surface area (Å²) in [7, 11) is 0. The fraction of sp³-hybridized carbons (Fsp3) is 0.636. The van der Waals surface area contributed by atoms with Crippen LogP contribution in [-0.4, -0.2) is 27.5 Å². The number of hydrogen-bond acceptors (Lipinski definition) is 3. The minimum absolute atomic E-state index is 0.0629.